The van der Waals surface area contributed by atoms with Crippen LogP contribution in [0.3, 0.4) is 0 Å². The molecule has 2 aromatic rings. The van der Waals surface area contributed by atoms with E-state index < -0.39 is 5.97 Å². The molecule has 1 aliphatic rings. The summed E-state index contributed by atoms with van der Waals surface area (Å²) in [6.07, 6.45) is 4.54. The van der Waals surface area contributed by atoms with Crippen LogP contribution in [-0.2, 0) is 19.1 Å². The van der Waals surface area contributed by atoms with Crippen LogP contribution in [0.2, 0.25) is 5.15 Å². The van der Waals surface area contributed by atoms with Gasteiger partial charge in [-0.3, -0.25) is 9.20 Å². The van der Waals surface area contributed by atoms with E-state index >= 15 is 0 Å². The van der Waals surface area contributed by atoms with Gasteiger partial charge in [-0.2, -0.15) is 0 Å². The van der Waals surface area contributed by atoms with Crippen LogP contribution in [0, 0.1) is 0 Å². The molecule has 0 aromatic carbocycles. The Labute approximate surface area is 143 Å². The molecule has 0 bridgehead atoms. The number of ether oxygens (including phenoxy) is 2. The fourth-order valence-electron chi connectivity index (χ4n) is 2.37. The molecule has 126 valence electrons. The molecule has 3 heterocycles. The van der Waals surface area contributed by atoms with Gasteiger partial charge in [-0.15, -0.1) is 0 Å². The van der Waals surface area contributed by atoms with Gasteiger partial charge in [0.15, 0.2) is 11.8 Å². The lowest BCUT2D eigenvalue weighted by atomic mass is 10.4. The van der Waals surface area contributed by atoms with Gasteiger partial charge < -0.3 is 14.4 Å². The van der Waals surface area contributed by atoms with Crippen LogP contribution < -0.4 is 0 Å². The van der Waals surface area contributed by atoms with Crippen molar-refractivity contribution in [1.29, 1.82) is 0 Å². The lowest BCUT2D eigenvalue weighted by Gasteiger charge is -2.26. The smallest absolute Gasteiger partial charge is 0.331 e. The number of aromatic nitrogens is 2. The van der Waals surface area contributed by atoms with Gasteiger partial charge in [-0.25, -0.2) is 9.78 Å². The van der Waals surface area contributed by atoms with E-state index in [0.29, 0.717) is 37.6 Å². The summed E-state index contributed by atoms with van der Waals surface area (Å²) in [6, 6.07) is 5.49. The van der Waals surface area contributed by atoms with Crippen LogP contribution in [0.5, 0.6) is 0 Å². The van der Waals surface area contributed by atoms with E-state index in [1.807, 2.05) is 18.2 Å². The van der Waals surface area contributed by atoms with Crippen molar-refractivity contribution in [3.63, 3.8) is 0 Å². The molecule has 1 fully saturated rings. The first kappa shape index (κ1) is 16.5. The summed E-state index contributed by atoms with van der Waals surface area (Å²) in [5.41, 5.74) is 1.25. The molecule has 0 radical (unpaired) electrons. The Bertz CT molecular complexity index is 781. The van der Waals surface area contributed by atoms with Gasteiger partial charge in [0.25, 0.3) is 5.91 Å². The van der Waals surface area contributed by atoms with Gasteiger partial charge in [-0.1, -0.05) is 17.7 Å². The Morgan fingerprint density at radius 1 is 1.33 bits per heavy atom. The molecule has 24 heavy (non-hydrogen) atoms. The minimum atomic E-state index is -0.612. The number of nitrogens with zero attached hydrogens (tertiary/aromatic N) is 3. The van der Waals surface area contributed by atoms with Crippen molar-refractivity contribution in [3.05, 3.63) is 41.3 Å². The summed E-state index contributed by atoms with van der Waals surface area (Å²) in [5.74, 6) is -0.841. The van der Waals surface area contributed by atoms with Crippen LogP contribution in [0.1, 0.15) is 5.69 Å². The van der Waals surface area contributed by atoms with Crippen molar-refractivity contribution in [2.45, 2.75) is 0 Å². The predicted octanol–water partition coefficient (Wildman–Crippen LogP) is 1.40. The fraction of sp³-hybridized carbons (Fsp3) is 0.312. The zero-order chi connectivity index (χ0) is 16.9. The normalized spacial score (nSPS) is 15.1. The maximum absolute atomic E-state index is 11.9. The second-order valence-electron chi connectivity index (χ2n) is 5.15. The monoisotopic (exact) mass is 349 g/mol. The zero-order valence-corrected chi connectivity index (χ0v) is 13.6. The van der Waals surface area contributed by atoms with E-state index in [4.69, 9.17) is 21.1 Å². The predicted molar refractivity (Wildman–Crippen MR) is 87.6 cm³/mol. The number of morpholine rings is 1. The highest BCUT2D eigenvalue weighted by molar-refractivity contribution is 6.31. The largest absolute Gasteiger partial charge is 0.452 e. The highest BCUT2D eigenvalue weighted by atomic mass is 35.5. The molecule has 1 aliphatic heterocycles. The Kier molecular flexibility index (Phi) is 5.12. The van der Waals surface area contributed by atoms with Crippen molar-refractivity contribution in [2.75, 3.05) is 32.9 Å². The van der Waals surface area contributed by atoms with E-state index in [-0.39, 0.29) is 17.7 Å². The third kappa shape index (κ3) is 3.74. The molecule has 0 spiro atoms. The highest BCUT2D eigenvalue weighted by Gasteiger charge is 2.17. The quantitative estimate of drug-likeness (QED) is 0.616. The van der Waals surface area contributed by atoms with E-state index in [1.165, 1.54) is 12.2 Å². The molecule has 0 N–H and O–H groups in total. The number of carbonyl (C=O) groups is 2. The first-order valence-corrected chi connectivity index (χ1v) is 7.86. The molecule has 0 unspecified atom stereocenters. The fourth-order valence-corrected chi connectivity index (χ4v) is 2.61. The van der Waals surface area contributed by atoms with Gasteiger partial charge in [0.2, 0.25) is 0 Å². The van der Waals surface area contributed by atoms with Crippen molar-refractivity contribution < 1.29 is 19.1 Å². The first-order valence-electron chi connectivity index (χ1n) is 7.48. The molecule has 0 atom stereocenters. The number of halogens is 1. The molecule has 7 nitrogen and oxygen atoms in total. The average molecular weight is 350 g/mol. The summed E-state index contributed by atoms with van der Waals surface area (Å²) in [6.45, 7) is 1.76. The van der Waals surface area contributed by atoms with Gasteiger partial charge in [0.05, 0.1) is 18.9 Å². The Morgan fingerprint density at radius 2 is 2.12 bits per heavy atom. The summed E-state index contributed by atoms with van der Waals surface area (Å²) >= 11 is 6.07. The molecule has 1 saturated heterocycles. The molecule has 8 heteroatoms. The SMILES string of the molecule is O=C(/C=C/c1c(Cl)nc2ccccn12)OCC(=O)N1CCOCC1. The number of amides is 1. The van der Waals surface area contributed by atoms with Crippen LogP contribution in [-0.4, -0.2) is 59.1 Å². The van der Waals surface area contributed by atoms with Gasteiger partial charge in [-0.05, 0) is 18.2 Å². The highest BCUT2D eigenvalue weighted by Crippen LogP contribution is 2.18. The van der Waals surface area contributed by atoms with Crippen molar-refractivity contribution in [2.24, 2.45) is 0 Å². The molecule has 0 aliphatic carbocycles. The van der Waals surface area contributed by atoms with Crippen LogP contribution in [0.4, 0.5) is 0 Å². The summed E-state index contributed by atoms with van der Waals surface area (Å²) in [7, 11) is 0. The van der Waals surface area contributed by atoms with Gasteiger partial charge >= 0.3 is 5.97 Å². The number of carbonyl (C=O) groups excluding carboxylic acids is 2. The van der Waals surface area contributed by atoms with E-state index in [0.717, 1.165) is 0 Å². The second-order valence-corrected chi connectivity index (χ2v) is 5.51. The molecule has 2 aromatic heterocycles. The standard InChI is InChI=1S/C16H16ClN3O4/c17-16-12(20-6-2-1-3-13(20)18-16)4-5-15(22)24-11-14(21)19-7-9-23-10-8-19/h1-6H,7-11H2/b5-4+. The van der Waals surface area contributed by atoms with Crippen LogP contribution >= 0.6 is 11.6 Å². The number of imidazole rings is 1. The van der Waals surface area contributed by atoms with E-state index in [2.05, 4.69) is 4.98 Å². The maximum atomic E-state index is 11.9. The zero-order valence-electron chi connectivity index (χ0n) is 12.9. The lowest BCUT2D eigenvalue weighted by molar-refractivity contribution is -0.150. The molecule has 0 saturated carbocycles. The summed E-state index contributed by atoms with van der Waals surface area (Å²) in [4.78, 5) is 29.5. The second kappa shape index (κ2) is 7.46. The lowest BCUT2D eigenvalue weighted by Crippen LogP contribution is -2.42. The van der Waals surface area contributed by atoms with E-state index in [1.54, 1.807) is 15.5 Å². The van der Waals surface area contributed by atoms with Crippen molar-refractivity contribution in [3.8, 4) is 0 Å². The minimum absolute atomic E-state index is 0.229. The number of esters is 1. The minimum Gasteiger partial charge on any atom is -0.452 e. The molecule has 1 amide bonds. The van der Waals surface area contributed by atoms with E-state index in [9.17, 15) is 9.59 Å². The number of rotatable bonds is 4. The Morgan fingerprint density at radius 3 is 2.92 bits per heavy atom. The Balaban J connectivity index is 1.58. The Hall–Kier alpha value is -2.38. The first-order chi connectivity index (χ1) is 11.6. The summed E-state index contributed by atoms with van der Waals surface area (Å²) in [5, 5.41) is 0.287. The maximum Gasteiger partial charge on any atom is 0.331 e. The third-order valence-corrected chi connectivity index (χ3v) is 3.88. The van der Waals surface area contributed by atoms with Gasteiger partial charge in [0.1, 0.15) is 5.65 Å². The number of fused-ring (bicyclic) bond motifs is 1. The van der Waals surface area contributed by atoms with Crippen LogP contribution in [0.25, 0.3) is 11.7 Å². The number of hydrogen-bond donors (Lipinski definition) is 0. The topological polar surface area (TPSA) is 73.1 Å². The molecular formula is C16H16ClN3O4. The molecular weight excluding hydrogens is 334 g/mol. The molecule has 3 rings (SSSR count). The number of pyridine rings is 1. The van der Waals surface area contributed by atoms with Crippen molar-refractivity contribution in [1.82, 2.24) is 14.3 Å². The average Bonchev–Trinajstić information content (AvgIpc) is 2.93. The van der Waals surface area contributed by atoms with Crippen molar-refractivity contribution >= 4 is 35.2 Å². The van der Waals surface area contributed by atoms with Gasteiger partial charge in [0, 0.05) is 25.4 Å². The third-order valence-electron chi connectivity index (χ3n) is 3.60. The summed E-state index contributed by atoms with van der Waals surface area (Å²) < 4.78 is 11.9. The van der Waals surface area contributed by atoms with Crippen LogP contribution in [0.15, 0.2) is 30.5 Å². The number of hydrogen-bond acceptors (Lipinski definition) is 5.